The minimum Gasteiger partial charge on any atom is -0.478 e. The first-order valence-electron chi connectivity index (χ1n) is 3.53. The van der Waals surface area contributed by atoms with Crippen LogP contribution in [0.4, 0.5) is 0 Å². The molecule has 0 bridgehead atoms. The van der Waals surface area contributed by atoms with Crippen molar-refractivity contribution in [3.63, 3.8) is 0 Å². The normalized spacial score (nSPS) is 10.2. The highest BCUT2D eigenvalue weighted by atomic mass is 32.2. The molecule has 64 valence electrons. The highest BCUT2D eigenvalue weighted by Crippen LogP contribution is 2.14. The van der Waals surface area contributed by atoms with E-state index in [1.165, 1.54) is 0 Å². The highest BCUT2D eigenvalue weighted by molar-refractivity contribution is 7.95. The second-order valence-electron chi connectivity index (χ2n) is 2.62. The summed E-state index contributed by atoms with van der Waals surface area (Å²) in [6.45, 7) is 0. The fourth-order valence-corrected chi connectivity index (χ4v) is 1.95. The number of benzene rings is 1. The average Bonchev–Trinajstić information content (AvgIpc) is 2.04. The number of hydrogen-bond donors (Lipinski definition) is 1. The zero-order valence-electron chi connectivity index (χ0n) is 7.07. The van der Waals surface area contributed by atoms with Crippen LogP contribution in [-0.2, 0) is 10.9 Å². The zero-order valence-corrected chi connectivity index (χ0v) is 7.89. The molecule has 0 saturated heterocycles. The Morgan fingerprint density at radius 2 is 1.92 bits per heavy atom. The smallest absolute Gasteiger partial charge is 0.340 e. The number of rotatable bonds is 2. The molecule has 1 rings (SSSR count). The van der Waals surface area contributed by atoms with Crippen LogP contribution in [0.3, 0.4) is 0 Å². The summed E-state index contributed by atoms with van der Waals surface area (Å²) in [5.74, 6) is -0.841. The van der Waals surface area contributed by atoms with Gasteiger partial charge in [0, 0.05) is 10.9 Å². The summed E-state index contributed by atoms with van der Waals surface area (Å²) in [6, 6.07) is 7.13. The Bertz CT molecular complexity index is 294. The van der Waals surface area contributed by atoms with Gasteiger partial charge in [-0.2, -0.15) is 0 Å². The summed E-state index contributed by atoms with van der Waals surface area (Å²) >= 11 is 0. The van der Waals surface area contributed by atoms with Gasteiger partial charge in [0.05, 0.1) is 0 Å². The topological polar surface area (TPSA) is 37.3 Å². The Morgan fingerprint density at radius 3 is 2.33 bits per heavy atom. The Hall–Kier alpha value is -0.960. The van der Waals surface area contributed by atoms with Gasteiger partial charge in [-0.1, -0.05) is 12.1 Å². The van der Waals surface area contributed by atoms with E-state index >= 15 is 0 Å². The van der Waals surface area contributed by atoms with Crippen LogP contribution in [0.2, 0.25) is 0 Å². The molecule has 2 nitrogen and oxygen atoms in total. The summed E-state index contributed by atoms with van der Waals surface area (Å²) in [7, 11) is 0.00809. The summed E-state index contributed by atoms with van der Waals surface area (Å²) in [5, 5.41) is 8.82. The summed E-state index contributed by atoms with van der Waals surface area (Å²) < 4.78 is 0. The lowest BCUT2D eigenvalue weighted by Gasteiger charge is -1.99. The fourth-order valence-electron chi connectivity index (χ4n) is 0.999. The minimum atomic E-state index is -0.841. The third-order valence-corrected chi connectivity index (χ3v) is 2.79. The van der Waals surface area contributed by atoms with E-state index in [0.29, 0.717) is 5.56 Å². The second-order valence-corrected chi connectivity index (χ2v) is 4.69. The van der Waals surface area contributed by atoms with Crippen LogP contribution < -0.4 is 0 Å². The second kappa shape index (κ2) is 3.63. The van der Waals surface area contributed by atoms with E-state index in [-0.39, 0.29) is 10.9 Å². The molecular formula is C9H11O2S+. The van der Waals surface area contributed by atoms with Gasteiger partial charge >= 0.3 is 5.97 Å². The van der Waals surface area contributed by atoms with E-state index in [1.54, 1.807) is 12.1 Å². The number of carboxylic acids is 1. The quantitative estimate of drug-likeness (QED) is 0.707. The van der Waals surface area contributed by atoms with Gasteiger partial charge in [-0.25, -0.2) is 4.79 Å². The molecule has 0 spiro atoms. The first kappa shape index (κ1) is 9.13. The molecule has 0 aliphatic heterocycles. The Balaban J connectivity index is 3.17. The van der Waals surface area contributed by atoms with Crippen LogP contribution in [0.25, 0.3) is 0 Å². The fraction of sp³-hybridized carbons (Fsp3) is 0.222. The number of hydrogen-bond acceptors (Lipinski definition) is 1. The average molecular weight is 183 g/mol. The van der Waals surface area contributed by atoms with Crippen molar-refractivity contribution in [3.05, 3.63) is 29.8 Å². The van der Waals surface area contributed by atoms with Crippen LogP contribution in [0, 0.1) is 0 Å². The number of aromatic carboxylic acids is 1. The van der Waals surface area contributed by atoms with Gasteiger partial charge in [-0.3, -0.25) is 0 Å². The lowest BCUT2D eigenvalue weighted by Crippen LogP contribution is -2.06. The van der Waals surface area contributed by atoms with Gasteiger partial charge in [-0.15, -0.1) is 0 Å². The van der Waals surface area contributed by atoms with Crippen molar-refractivity contribution < 1.29 is 9.90 Å². The Morgan fingerprint density at radius 1 is 1.33 bits per heavy atom. The lowest BCUT2D eigenvalue weighted by atomic mass is 10.2. The van der Waals surface area contributed by atoms with Crippen molar-refractivity contribution in [2.45, 2.75) is 4.90 Å². The van der Waals surface area contributed by atoms with Gasteiger partial charge in [0.25, 0.3) is 0 Å². The van der Waals surface area contributed by atoms with Crippen LogP contribution in [0.15, 0.2) is 29.2 Å². The van der Waals surface area contributed by atoms with E-state index in [9.17, 15) is 4.79 Å². The Kier molecular flexibility index (Phi) is 2.76. The standard InChI is InChI=1S/C9H10O2S/c1-12(2)8-6-4-3-5-7(8)9(10)11/h3-6H,1-2H3/p+1. The van der Waals surface area contributed by atoms with Gasteiger partial charge in [0.15, 0.2) is 4.90 Å². The maximum absolute atomic E-state index is 10.7. The summed E-state index contributed by atoms with van der Waals surface area (Å²) in [4.78, 5) is 11.7. The van der Waals surface area contributed by atoms with E-state index in [2.05, 4.69) is 0 Å². The van der Waals surface area contributed by atoms with Crippen molar-refractivity contribution in [3.8, 4) is 0 Å². The molecule has 1 aromatic rings. The third-order valence-electron chi connectivity index (χ3n) is 1.56. The van der Waals surface area contributed by atoms with Gasteiger partial charge < -0.3 is 5.11 Å². The summed E-state index contributed by atoms with van der Waals surface area (Å²) in [6.07, 6.45) is 4.03. The molecule has 3 heteroatoms. The predicted octanol–water partition coefficient (Wildman–Crippen LogP) is 1.62. The van der Waals surface area contributed by atoms with Crippen molar-refractivity contribution in [1.82, 2.24) is 0 Å². The number of carboxylic acid groups (broad SMARTS) is 1. The molecule has 0 aromatic heterocycles. The maximum atomic E-state index is 10.7. The van der Waals surface area contributed by atoms with Crippen LogP contribution in [0.1, 0.15) is 10.4 Å². The first-order chi connectivity index (χ1) is 5.63. The third kappa shape index (κ3) is 1.80. The molecule has 0 aliphatic carbocycles. The van der Waals surface area contributed by atoms with E-state index in [4.69, 9.17) is 5.11 Å². The first-order valence-corrected chi connectivity index (χ1v) is 5.57. The molecule has 0 saturated carbocycles. The molecule has 12 heavy (non-hydrogen) atoms. The molecule has 0 atom stereocenters. The lowest BCUT2D eigenvalue weighted by molar-refractivity contribution is 0.0693. The maximum Gasteiger partial charge on any atom is 0.340 e. The van der Waals surface area contributed by atoms with E-state index in [1.807, 2.05) is 24.6 Å². The Labute approximate surface area is 74.6 Å². The minimum absolute atomic E-state index is 0.00809. The largest absolute Gasteiger partial charge is 0.478 e. The van der Waals surface area contributed by atoms with Gasteiger partial charge in [0.2, 0.25) is 0 Å². The molecule has 0 heterocycles. The molecule has 0 fully saturated rings. The predicted molar refractivity (Wildman–Crippen MR) is 50.9 cm³/mol. The van der Waals surface area contributed by atoms with Crippen LogP contribution >= 0.6 is 0 Å². The van der Waals surface area contributed by atoms with Gasteiger partial charge in [-0.05, 0) is 12.1 Å². The van der Waals surface area contributed by atoms with Crippen molar-refractivity contribution in [2.75, 3.05) is 12.5 Å². The SMILES string of the molecule is C[S+](C)c1ccccc1C(=O)O. The molecule has 1 aromatic carbocycles. The van der Waals surface area contributed by atoms with E-state index < -0.39 is 5.97 Å². The number of carbonyl (C=O) groups is 1. The molecule has 0 amide bonds. The summed E-state index contributed by atoms with van der Waals surface area (Å²) in [5.41, 5.74) is 0.422. The van der Waals surface area contributed by atoms with Gasteiger partial charge in [0.1, 0.15) is 18.1 Å². The monoisotopic (exact) mass is 183 g/mol. The molecule has 0 unspecified atom stereocenters. The van der Waals surface area contributed by atoms with E-state index in [0.717, 1.165) is 4.90 Å². The van der Waals surface area contributed by atoms with Crippen molar-refractivity contribution in [1.29, 1.82) is 0 Å². The zero-order chi connectivity index (χ0) is 9.14. The van der Waals surface area contributed by atoms with Crippen molar-refractivity contribution >= 4 is 16.9 Å². The molecule has 0 radical (unpaired) electrons. The van der Waals surface area contributed by atoms with Crippen LogP contribution in [0.5, 0.6) is 0 Å². The molecule has 1 N–H and O–H groups in total. The molecular weight excluding hydrogens is 172 g/mol. The van der Waals surface area contributed by atoms with Crippen LogP contribution in [-0.4, -0.2) is 23.6 Å². The highest BCUT2D eigenvalue weighted by Gasteiger charge is 2.18. The van der Waals surface area contributed by atoms with Crippen molar-refractivity contribution in [2.24, 2.45) is 0 Å². The molecule has 0 aliphatic rings.